The number of amides is 2. The summed E-state index contributed by atoms with van der Waals surface area (Å²) in [6.07, 6.45) is 1.48. The van der Waals surface area contributed by atoms with Crippen molar-refractivity contribution < 1.29 is 29.0 Å². The summed E-state index contributed by atoms with van der Waals surface area (Å²) in [6, 6.07) is 2.62. The van der Waals surface area contributed by atoms with Crippen LogP contribution < -0.4 is 20.7 Å². The molecule has 226 valence electrons. The molecule has 0 radical (unpaired) electrons. The SMILES string of the molecule is CCCCNC(=O)N(c1ccc(N(CC)CC)nc1C)c1c(O)n(CC(=O)OCC)c(=S)n(CC(=O)OCC)c1=O. The van der Waals surface area contributed by atoms with E-state index in [4.69, 9.17) is 21.7 Å². The van der Waals surface area contributed by atoms with Gasteiger partial charge in [0.1, 0.15) is 18.9 Å². The highest BCUT2D eigenvalue weighted by molar-refractivity contribution is 7.71. The maximum absolute atomic E-state index is 13.9. The second-order valence-corrected chi connectivity index (χ2v) is 9.27. The summed E-state index contributed by atoms with van der Waals surface area (Å²) in [4.78, 5) is 60.1. The monoisotopic (exact) mass is 592 g/mol. The number of anilines is 3. The van der Waals surface area contributed by atoms with Gasteiger partial charge in [0.2, 0.25) is 5.88 Å². The van der Waals surface area contributed by atoms with Gasteiger partial charge in [0.05, 0.1) is 24.6 Å². The van der Waals surface area contributed by atoms with E-state index in [-0.39, 0.29) is 23.7 Å². The first-order valence-corrected chi connectivity index (χ1v) is 14.1. The zero-order valence-corrected chi connectivity index (χ0v) is 25.4. The molecular weight excluding hydrogens is 552 g/mol. The van der Waals surface area contributed by atoms with Crippen molar-refractivity contribution in [2.45, 2.75) is 67.5 Å². The Hall–Kier alpha value is -3.94. The van der Waals surface area contributed by atoms with Crippen LogP contribution in [0.3, 0.4) is 0 Å². The van der Waals surface area contributed by atoms with Gasteiger partial charge in [-0.05, 0) is 65.4 Å². The number of esters is 2. The van der Waals surface area contributed by atoms with E-state index < -0.39 is 48.2 Å². The van der Waals surface area contributed by atoms with Gasteiger partial charge in [-0.25, -0.2) is 9.78 Å². The summed E-state index contributed by atoms with van der Waals surface area (Å²) in [6.45, 7) is 11.5. The van der Waals surface area contributed by atoms with Crippen LogP contribution in [0.4, 0.5) is 22.0 Å². The van der Waals surface area contributed by atoms with Crippen molar-refractivity contribution in [1.82, 2.24) is 19.4 Å². The van der Waals surface area contributed by atoms with E-state index in [1.54, 1.807) is 32.9 Å². The highest BCUT2D eigenvalue weighted by atomic mass is 32.1. The van der Waals surface area contributed by atoms with Crippen molar-refractivity contribution in [1.29, 1.82) is 0 Å². The standard InChI is InChI=1S/C27H40N6O7S/c1-7-12-15-28-26(38)33(19-13-14-20(29-18(19)6)30(8-2)9-3)23-24(36)31(16-21(34)39-10-4)27(41)32(25(23)37)17-22(35)40-11-5/h13-14,36H,7-12,15-17H2,1-6H3,(H,28,38). The number of hydrogen-bond acceptors (Lipinski definition) is 10. The van der Waals surface area contributed by atoms with Gasteiger partial charge >= 0.3 is 18.0 Å². The second kappa shape index (κ2) is 15.7. The Morgan fingerprint density at radius 3 is 2.10 bits per heavy atom. The molecule has 2 amide bonds. The summed E-state index contributed by atoms with van der Waals surface area (Å²) in [5.41, 5.74) is -0.833. The number of nitrogens with zero attached hydrogens (tertiary/aromatic N) is 5. The van der Waals surface area contributed by atoms with Gasteiger partial charge in [0.15, 0.2) is 10.5 Å². The molecule has 0 bridgehead atoms. The minimum atomic E-state index is -0.932. The first kappa shape index (κ1) is 33.3. The number of nitrogens with one attached hydrogen (secondary N) is 1. The van der Waals surface area contributed by atoms with Crippen LogP contribution in [0.5, 0.6) is 5.88 Å². The van der Waals surface area contributed by atoms with E-state index in [0.29, 0.717) is 37.6 Å². The van der Waals surface area contributed by atoms with E-state index in [2.05, 4.69) is 10.3 Å². The minimum Gasteiger partial charge on any atom is -0.493 e. The average molecular weight is 593 g/mol. The van der Waals surface area contributed by atoms with E-state index in [9.17, 15) is 24.3 Å². The predicted octanol–water partition coefficient (Wildman–Crippen LogP) is 3.41. The number of ether oxygens (including phenoxy) is 2. The third kappa shape index (κ3) is 8.06. The predicted molar refractivity (Wildman–Crippen MR) is 157 cm³/mol. The Morgan fingerprint density at radius 1 is 1.00 bits per heavy atom. The molecule has 0 saturated heterocycles. The fourth-order valence-corrected chi connectivity index (χ4v) is 4.41. The quantitative estimate of drug-likeness (QED) is 0.190. The summed E-state index contributed by atoms with van der Waals surface area (Å²) in [5, 5.41) is 14.2. The molecular formula is C27H40N6O7S. The van der Waals surface area contributed by atoms with Gasteiger partial charge in [-0.15, -0.1) is 0 Å². The number of urea groups is 1. The zero-order valence-electron chi connectivity index (χ0n) is 24.6. The van der Waals surface area contributed by atoms with Gasteiger partial charge in [0, 0.05) is 19.6 Å². The average Bonchev–Trinajstić information content (AvgIpc) is 2.93. The molecule has 0 aliphatic carbocycles. The fraction of sp³-hybridized carbons (Fsp3) is 0.556. The van der Waals surface area contributed by atoms with Crippen molar-refractivity contribution in [3.05, 3.63) is 33.0 Å². The first-order valence-electron chi connectivity index (χ1n) is 13.7. The Labute approximate surface area is 244 Å². The van der Waals surface area contributed by atoms with Crippen LogP contribution in [-0.4, -0.2) is 70.0 Å². The van der Waals surface area contributed by atoms with Gasteiger partial charge < -0.3 is 24.8 Å². The lowest BCUT2D eigenvalue weighted by molar-refractivity contribution is -0.144. The van der Waals surface area contributed by atoms with Gasteiger partial charge in [-0.1, -0.05) is 13.3 Å². The normalized spacial score (nSPS) is 10.7. The summed E-state index contributed by atoms with van der Waals surface area (Å²) in [5.74, 6) is -1.58. The van der Waals surface area contributed by atoms with E-state index >= 15 is 0 Å². The number of aryl methyl sites for hydroxylation is 1. The number of pyridine rings is 1. The molecule has 2 rings (SSSR count). The van der Waals surface area contributed by atoms with Crippen LogP contribution in [0, 0.1) is 11.7 Å². The van der Waals surface area contributed by atoms with Crippen molar-refractivity contribution in [3.63, 3.8) is 0 Å². The Bertz CT molecular complexity index is 1350. The topological polar surface area (TPSA) is 148 Å². The maximum Gasteiger partial charge on any atom is 0.326 e. The van der Waals surface area contributed by atoms with Crippen LogP contribution >= 0.6 is 12.2 Å². The van der Waals surface area contributed by atoms with Crippen LogP contribution in [0.15, 0.2) is 16.9 Å². The molecule has 2 heterocycles. The second-order valence-electron chi connectivity index (χ2n) is 8.91. The maximum atomic E-state index is 13.9. The van der Waals surface area contributed by atoms with Crippen LogP contribution in [0.1, 0.15) is 53.2 Å². The molecule has 2 aromatic heterocycles. The minimum absolute atomic E-state index is 0.0593. The lowest BCUT2D eigenvalue weighted by Crippen LogP contribution is -2.43. The van der Waals surface area contributed by atoms with E-state index in [0.717, 1.165) is 20.5 Å². The summed E-state index contributed by atoms with van der Waals surface area (Å²) in [7, 11) is 0. The number of aromatic nitrogens is 3. The molecule has 0 aliphatic heterocycles. The Kier molecular flexibility index (Phi) is 12.8. The van der Waals surface area contributed by atoms with Crippen molar-refractivity contribution in [2.24, 2.45) is 0 Å². The van der Waals surface area contributed by atoms with Gasteiger partial charge in [0.25, 0.3) is 5.56 Å². The number of carbonyl (C=O) groups is 3. The molecule has 0 unspecified atom stereocenters. The fourth-order valence-electron chi connectivity index (χ4n) is 4.11. The Morgan fingerprint density at radius 2 is 1.59 bits per heavy atom. The molecule has 14 heteroatoms. The van der Waals surface area contributed by atoms with Crippen molar-refractivity contribution >= 4 is 47.4 Å². The van der Waals surface area contributed by atoms with Gasteiger partial charge in [-0.2, -0.15) is 0 Å². The van der Waals surface area contributed by atoms with E-state index in [1.807, 2.05) is 25.7 Å². The molecule has 0 spiro atoms. The van der Waals surface area contributed by atoms with Gasteiger partial charge in [-0.3, -0.25) is 28.4 Å². The van der Waals surface area contributed by atoms with Crippen molar-refractivity contribution in [3.8, 4) is 5.88 Å². The van der Waals surface area contributed by atoms with Crippen LogP contribution in [-0.2, 0) is 32.2 Å². The lowest BCUT2D eigenvalue weighted by atomic mass is 10.2. The molecule has 41 heavy (non-hydrogen) atoms. The van der Waals surface area contributed by atoms with E-state index in [1.165, 1.54) is 0 Å². The number of rotatable bonds is 14. The molecule has 0 saturated carbocycles. The van der Waals surface area contributed by atoms with Crippen LogP contribution in [0.2, 0.25) is 0 Å². The molecule has 2 N–H and O–H groups in total. The third-order valence-electron chi connectivity index (χ3n) is 6.17. The highest BCUT2D eigenvalue weighted by Crippen LogP contribution is 2.33. The summed E-state index contributed by atoms with van der Waals surface area (Å²) >= 11 is 5.40. The molecule has 13 nitrogen and oxygen atoms in total. The molecule has 0 fully saturated rings. The molecule has 0 aliphatic rings. The largest absolute Gasteiger partial charge is 0.493 e. The van der Waals surface area contributed by atoms with Crippen molar-refractivity contribution in [2.75, 3.05) is 42.6 Å². The zero-order chi connectivity index (χ0) is 30.7. The molecule has 2 aromatic rings. The first-order chi connectivity index (χ1) is 19.6. The number of carbonyl (C=O) groups excluding carboxylic acids is 3. The lowest BCUT2D eigenvalue weighted by Gasteiger charge is -2.28. The third-order valence-corrected chi connectivity index (χ3v) is 6.61. The number of aromatic hydroxyl groups is 1. The Balaban J connectivity index is 2.90. The smallest absolute Gasteiger partial charge is 0.326 e. The highest BCUT2D eigenvalue weighted by Gasteiger charge is 2.31. The summed E-state index contributed by atoms with van der Waals surface area (Å²) < 4.78 is 11.5. The van der Waals surface area contributed by atoms with Crippen LogP contribution in [0.25, 0.3) is 0 Å². The number of unbranched alkanes of at least 4 members (excludes halogenated alkanes) is 1. The molecule has 0 atom stereocenters. The molecule has 0 aromatic carbocycles. The number of hydrogen-bond donors (Lipinski definition) is 2.